The summed E-state index contributed by atoms with van der Waals surface area (Å²) in [6.07, 6.45) is 4.26. The van der Waals surface area contributed by atoms with Crippen LogP contribution in [0.4, 0.5) is 5.69 Å². The molecule has 0 radical (unpaired) electrons. The molecule has 1 atom stereocenters. The van der Waals surface area contributed by atoms with Gasteiger partial charge in [-0.15, -0.1) is 11.8 Å². The zero-order valence-corrected chi connectivity index (χ0v) is 13.1. The lowest BCUT2D eigenvalue weighted by Crippen LogP contribution is -2.14. The number of hydrogen-bond acceptors (Lipinski definition) is 4. The summed E-state index contributed by atoms with van der Waals surface area (Å²) in [5, 5.41) is 3.97. The molecule has 0 fully saturated rings. The summed E-state index contributed by atoms with van der Waals surface area (Å²) >= 11 is 1.75. The van der Waals surface area contributed by atoms with Crippen LogP contribution < -0.4 is 5.32 Å². The Balaban J connectivity index is 1.85. The number of carbonyl (C=O) groups is 1. The van der Waals surface area contributed by atoms with Gasteiger partial charge in [-0.25, -0.2) is 0 Å². The summed E-state index contributed by atoms with van der Waals surface area (Å²) in [5.41, 5.74) is 2.32. The van der Waals surface area contributed by atoms with Crippen LogP contribution in [0, 0.1) is 0 Å². The van der Waals surface area contributed by atoms with Gasteiger partial charge in [0, 0.05) is 23.7 Å². The number of aliphatic imine (C=N–C) groups is 1. The number of hydrogen-bond donors (Lipinski definition) is 1. The number of amides is 1. The van der Waals surface area contributed by atoms with Gasteiger partial charge in [-0.05, 0) is 24.6 Å². The summed E-state index contributed by atoms with van der Waals surface area (Å²) in [6.45, 7) is 2.15. The standard InChI is InChI=1S/C17H17N3OS/c1-2-13-11-22-17(19-13)14-7-3-4-8-15(14)20-16(21)12-6-5-9-18-10-12/h3-10,13H,2,11H2,1H3,(H,20,21). The fraction of sp³-hybridized carbons (Fsp3) is 0.235. The van der Waals surface area contributed by atoms with Gasteiger partial charge in [0.25, 0.3) is 5.91 Å². The summed E-state index contributed by atoms with van der Waals surface area (Å²) in [6, 6.07) is 11.7. The maximum absolute atomic E-state index is 12.3. The number of rotatable bonds is 4. The Morgan fingerprint density at radius 2 is 2.18 bits per heavy atom. The lowest BCUT2D eigenvalue weighted by Gasteiger charge is -2.10. The third-order valence-electron chi connectivity index (χ3n) is 3.51. The zero-order valence-electron chi connectivity index (χ0n) is 12.3. The molecule has 0 saturated heterocycles. The highest BCUT2D eigenvalue weighted by molar-refractivity contribution is 8.14. The van der Waals surface area contributed by atoms with Crippen molar-refractivity contribution < 1.29 is 4.79 Å². The number of anilines is 1. The Labute approximate surface area is 134 Å². The third kappa shape index (κ3) is 3.20. The van der Waals surface area contributed by atoms with E-state index in [9.17, 15) is 4.79 Å². The first-order valence-corrected chi connectivity index (χ1v) is 8.28. The maximum atomic E-state index is 12.3. The van der Waals surface area contributed by atoms with Crippen molar-refractivity contribution in [2.24, 2.45) is 4.99 Å². The highest BCUT2D eigenvalue weighted by atomic mass is 32.2. The van der Waals surface area contributed by atoms with Crippen LogP contribution in [0.15, 0.2) is 53.8 Å². The Kier molecular flexibility index (Phi) is 4.53. The van der Waals surface area contributed by atoms with Crippen LogP contribution in [0.1, 0.15) is 29.3 Å². The van der Waals surface area contributed by atoms with E-state index in [0.717, 1.165) is 28.5 Å². The Morgan fingerprint density at radius 3 is 2.91 bits per heavy atom. The van der Waals surface area contributed by atoms with Crippen LogP contribution in [0.3, 0.4) is 0 Å². The van der Waals surface area contributed by atoms with Gasteiger partial charge in [0.1, 0.15) is 5.04 Å². The molecule has 0 bridgehead atoms. The van der Waals surface area contributed by atoms with Gasteiger partial charge in [-0.3, -0.25) is 14.8 Å². The number of nitrogens with one attached hydrogen (secondary N) is 1. The predicted octanol–water partition coefficient (Wildman–Crippen LogP) is 3.61. The van der Waals surface area contributed by atoms with E-state index in [0.29, 0.717) is 11.6 Å². The molecule has 0 saturated carbocycles. The maximum Gasteiger partial charge on any atom is 0.257 e. The summed E-state index contributed by atoms with van der Waals surface area (Å²) < 4.78 is 0. The van der Waals surface area contributed by atoms with Crippen molar-refractivity contribution in [3.05, 3.63) is 59.9 Å². The second-order valence-corrected chi connectivity index (χ2v) is 6.06. The number of para-hydroxylation sites is 1. The van der Waals surface area contributed by atoms with E-state index < -0.39 is 0 Å². The number of aromatic nitrogens is 1. The van der Waals surface area contributed by atoms with Gasteiger partial charge in [0.05, 0.1) is 17.3 Å². The molecule has 2 heterocycles. The second kappa shape index (κ2) is 6.75. The van der Waals surface area contributed by atoms with E-state index in [1.807, 2.05) is 24.3 Å². The molecule has 0 spiro atoms. The smallest absolute Gasteiger partial charge is 0.257 e. The molecule has 1 N–H and O–H groups in total. The molecule has 2 aromatic rings. The molecule has 0 aliphatic carbocycles. The van der Waals surface area contributed by atoms with Crippen molar-refractivity contribution in [2.45, 2.75) is 19.4 Å². The summed E-state index contributed by atoms with van der Waals surface area (Å²) in [4.78, 5) is 21.0. The SMILES string of the molecule is CCC1CSC(c2ccccc2NC(=O)c2cccnc2)=N1. The van der Waals surface area contributed by atoms with Crippen molar-refractivity contribution in [1.29, 1.82) is 0 Å². The second-order valence-electron chi connectivity index (χ2n) is 5.05. The van der Waals surface area contributed by atoms with Gasteiger partial charge in [-0.1, -0.05) is 25.1 Å². The molecule has 1 aliphatic rings. The van der Waals surface area contributed by atoms with E-state index in [2.05, 4.69) is 17.2 Å². The monoisotopic (exact) mass is 311 g/mol. The van der Waals surface area contributed by atoms with Crippen LogP contribution >= 0.6 is 11.8 Å². The van der Waals surface area contributed by atoms with Gasteiger partial charge < -0.3 is 5.32 Å². The largest absolute Gasteiger partial charge is 0.321 e. The molecule has 3 rings (SSSR count). The Morgan fingerprint density at radius 1 is 1.32 bits per heavy atom. The van der Waals surface area contributed by atoms with Crippen LogP contribution in [-0.4, -0.2) is 27.7 Å². The zero-order chi connectivity index (χ0) is 15.4. The number of nitrogens with zero attached hydrogens (tertiary/aromatic N) is 2. The molecule has 1 aromatic carbocycles. The van der Waals surface area contributed by atoms with Gasteiger partial charge in [0.15, 0.2) is 0 Å². The van der Waals surface area contributed by atoms with Gasteiger partial charge in [0.2, 0.25) is 0 Å². The Hall–Kier alpha value is -2.14. The van der Waals surface area contributed by atoms with Crippen molar-refractivity contribution in [3.63, 3.8) is 0 Å². The van der Waals surface area contributed by atoms with Gasteiger partial charge >= 0.3 is 0 Å². The van der Waals surface area contributed by atoms with Crippen molar-refractivity contribution in [3.8, 4) is 0 Å². The first-order chi connectivity index (χ1) is 10.8. The molecular weight excluding hydrogens is 294 g/mol. The van der Waals surface area contributed by atoms with Crippen LogP contribution in [0.25, 0.3) is 0 Å². The lowest BCUT2D eigenvalue weighted by atomic mass is 10.1. The molecule has 5 heteroatoms. The van der Waals surface area contributed by atoms with Crippen LogP contribution in [0.5, 0.6) is 0 Å². The van der Waals surface area contributed by atoms with Crippen LogP contribution in [0.2, 0.25) is 0 Å². The fourth-order valence-electron chi connectivity index (χ4n) is 2.24. The molecule has 112 valence electrons. The third-order valence-corrected chi connectivity index (χ3v) is 4.66. The average Bonchev–Trinajstić information content (AvgIpc) is 3.05. The number of pyridine rings is 1. The molecule has 22 heavy (non-hydrogen) atoms. The minimum atomic E-state index is -0.156. The first-order valence-electron chi connectivity index (χ1n) is 7.29. The normalized spacial score (nSPS) is 17.1. The molecule has 1 unspecified atom stereocenters. The van der Waals surface area contributed by atoms with E-state index in [4.69, 9.17) is 4.99 Å². The lowest BCUT2D eigenvalue weighted by molar-refractivity contribution is 0.102. The molecule has 1 aromatic heterocycles. The highest BCUT2D eigenvalue weighted by Gasteiger charge is 2.20. The minimum Gasteiger partial charge on any atom is -0.321 e. The average molecular weight is 311 g/mol. The van der Waals surface area contributed by atoms with Crippen LogP contribution in [-0.2, 0) is 0 Å². The van der Waals surface area contributed by atoms with Crippen molar-refractivity contribution >= 4 is 28.4 Å². The number of carbonyl (C=O) groups excluding carboxylic acids is 1. The van der Waals surface area contributed by atoms with Crippen molar-refractivity contribution in [1.82, 2.24) is 4.98 Å². The van der Waals surface area contributed by atoms with E-state index in [-0.39, 0.29) is 5.91 Å². The summed E-state index contributed by atoms with van der Waals surface area (Å²) in [7, 11) is 0. The Bertz CT molecular complexity index is 700. The first kappa shape index (κ1) is 14.8. The summed E-state index contributed by atoms with van der Waals surface area (Å²) in [5.74, 6) is 0.854. The minimum absolute atomic E-state index is 0.156. The predicted molar refractivity (Wildman–Crippen MR) is 91.7 cm³/mol. The highest BCUT2D eigenvalue weighted by Crippen LogP contribution is 2.29. The molecule has 1 amide bonds. The number of thioether (sulfide) groups is 1. The molecule has 1 aliphatic heterocycles. The van der Waals surface area contributed by atoms with E-state index in [1.165, 1.54) is 0 Å². The van der Waals surface area contributed by atoms with Crippen molar-refractivity contribution in [2.75, 3.05) is 11.1 Å². The van der Waals surface area contributed by atoms with E-state index in [1.54, 1.807) is 36.3 Å². The molecular formula is C17H17N3OS. The van der Waals surface area contributed by atoms with E-state index >= 15 is 0 Å². The topological polar surface area (TPSA) is 54.4 Å². The van der Waals surface area contributed by atoms with Gasteiger partial charge in [-0.2, -0.15) is 0 Å². The fourth-order valence-corrected chi connectivity index (χ4v) is 3.46. The quantitative estimate of drug-likeness (QED) is 0.938. The molecule has 4 nitrogen and oxygen atoms in total. The number of benzene rings is 1.